The molecule has 0 bridgehead atoms. The summed E-state index contributed by atoms with van der Waals surface area (Å²) in [6.45, 7) is 3.91. The molecule has 0 rings (SSSR count). The average molecular weight is 557 g/mol. The van der Waals surface area contributed by atoms with E-state index < -0.39 is 18.9 Å². The zero-order chi connectivity index (χ0) is 28.4. The second-order valence-electron chi connectivity index (χ2n) is 11.6. The highest BCUT2D eigenvalue weighted by Crippen LogP contribution is 2.16. The summed E-state index contributed by atoms with van der Waals surface area (Å²) in [5.74, 6) is 0. The zero-order valence-electron chi connectivity index (χ0n) is 25.3. The maximum Gasteiger partial charge on any atom is 0.411 e. The maximum atomic E-state index is 12.6. The van der Waals surface area contributed by atoms with Gasteiger partial charge in [-0.3, -0.25) is 0 Å². The monoisotopic (exact) mass is 556 g/mol. The molecule has 38 heavy (non-hydrogen) atoms. The van der Waals surface area contributed by atoms with E-state index in [9.17, 15) is 13.2 Å². The molecule has 0 fully saturated rings. The van der Waals surface area contributed by atoms with Crippen molar-refractivity contribution in [2.24, 2.45) is 0 Å². The highest BCUT2D eigenvalue weighted by Gasteiger charge is 2.29. The third kappa shape index (κ3) is 31.8. The molecule has 1 unspecified atom stereocenters. The zero-order valence-corrected chi connectivity index (χ0v) is 25.3. The fourth-order valence-corrected chi connectivity index (χ4v) is 4.10. The Morgan fingerprint density at radius 2 is 0.974 bits per heavy atom. The van der Waals surface area contributed by atoms with Crippen molar-refractivity contribution in [3.8, 4) is 0 Å². The largest absolute Gasteiger partial charge is 0.411 e. The maximum absolute atomic E-state index is 12.6. The number of quaternary nitrogens is 1. The van der Waals surface area contributed by atoms with Crippen LogP contribution < -0.4 is 0 Å². The van der Waals surface area contributed by atoms with Gasteiger partial charge in [-0.05, 0) is 6.42 Å². The number of unbranched alkanes of at least 4 members (excludes halogenated alkanes) is 15. The Kier molecular flexibility index (Phi) is 25.3. The van der Waals surface area contributed by atoms with E-state index in [0.29, 0.717) is 26.4 Å². The Balaban J connectivity index is 3.65. The molecule has 0 saturated carbocycles. The molecule has 0 saturated heterocycles. The molecule has 0 aromatic heterocycles. The molecule has 0 amide bonds. The molecule has 0 N–H and O–H groups in total. The van der Waals surface area contributed by atoms with E-state index in [-0.39, 0.29) is 13.2 Å². The molecule has 0 radical (unpaired) electrons. The smallest absolute Gasteiger partial charge is 0.379 e. The van der Waals surface area contributed by atoms with Crippen LogP contribution in [0.15, 0.2) is 0 Å². The van der Waals surface area contributed by atoms with Gasteiger partial charge >= 0.3 is 6.18 Å². The predicted molar refractivity (Wildman–Crippen MR) is 151 cm³/mol. The number of hydrogen-bond acceptors (Lipinski definition) is 4. The topological polar surface area (TPSA) is 36.9 Å². The third-order valence-corrected chi connectivity index (χ3v) is 6.51. The number of likely N-dealkylation sites (N-methyl/N-ethyl adjacent to an activating group) is 1. The highest BCUT2D eigenvalue weighted by atomic mass is 19.4. The van der Waals surface area contributed by atoms with Crippen molar-refractivity contribution in [2.45, 2.75) is 122 Å². The molecule has 0 heterocycles. The molecule has 0 aromatic rings. The van der Waals surface area contributed by atoms with E-state index in [1.165, 1.54) is 89.9 Å². The lowest BCUT2D eigenvalue weighted by Crippen LogP contribution is -2.37. The first kappa shape index (κ1) is 37.6. The minimum atomic E-state index is -4.36. The van der Waals surface area contributed by atoms with Crippen LogP contribution in [0.25, 0.3) is 0 Å². The van der Waals surface area contributed by atoms with Gasteiger partial charge in [-0.15, -0.1) is 0 Å². The van der Waals surface area contributed by atoms with Crippen molar-refractivity contribution in [3.05, 3.63) is 0 Å². The van der Waals surface area contributed by atoms with E-state index in [4.69, 9.17) is 18.9 Å². The normalized spacial score (nSPS) is 13.3. The summed E-state index contributed by atoms with van der Waals surface area (Å²) in [6.07, 6.45) is 15.8. The summed E-state index contributed by atoms with van der Waals surface area (Å²) in [4.78, 5) is 0. The van der Waals surface area contributed by atoms with Crippen LogP contribution in [0.1, 0.15) is 110 Å². The van der Waals surface area contributed by atoms with Crippen molar-refractivity contribution in [1.29, 1.82) is 0 Å². The lowest BCUT2D eigenvalue weighted by atomic mass is 10.0. The summed E-state index contributed by atoms with van der Waals surface area (Å²) < 4.78 is 60.1. The standard InChI is InChI=1S/C30H61F3NO4/c1-5-6-7-8-9-10-11-12-13-14-15-16-17-18-19-20-22-36-26-29(38-28-30(31,32)33)27-37-25-24-35-23-21-34(2,3)4/h29H,5-28H2,1-4H3/q+1. The summed E-state index contributed by atoms with van der Waals surface area (Å²) in [7, 11) is 6.26. The first-order chi connectivity index (χ1) is 18.1. The number of rotatable bonds is 29. The van der Waals surface area contributed by atoms with Gasteiger partial charge in [0.1, 0.15) is 19.3 Å². The number of alkyl halides is 3. The van der Waals surface area contributed by atoms with Gasteiger partial charge in [0, 0.05) is 6.61 Å². The average Bonchev–Trinajstić information content (AvgIpc) is 2.84. The molecule has 0 aliphatic rings. The first-order valence-corrected chi connectivity index (χ1v) is 15.4. The molecular weight excluding hydrogens is 495 g/mol. The summed E-state index contributed by atoms with van der Waals surface area (Å²) in [6, 6.07) is 0. The fourth-order valence-electron chi connectivity index (χ4n) is 4.10. The first-order valence-electron chi connectivity index (χ1n) is 15.4. The van der Waals surface area contributed by atoms with Gasteiger partial charge in [0.15, 0.2) is 0 Å². The van der Waals surface area contributed by atoms with Crippen LogP contribution in [-0.4, -0.2) is 90.7 Å². The SMILES string of the molecule is CCCCCCCCCCCCCCCCCCOCC(COCCOCC[N+](C)(C)C)OCC(F)(F)F. The van der Waals surface area contributed by atoms with E-state index in [1.807, 2.05) is 0 Å². The summed E-state index contributed by atoms with van der Waals surface area (Å²) >= 11 is 0. The molecule has 0 aliphatic carbocycles. The number of halogens is 3. The van der Waals surface area contributed by atoms with Crippen molar-refractivity contribution >= 4 is 0 Å². The van der Waals surface area contributed by atoms with E-state index in [0.717, 1.165) is 23.9 Å². The Bertz CT molecular complexity index is 487. The highest BCUT2D eigenvalue weighted by molar-refractivity contribution is 4.59. The minimum absolute atomic E-state index is 0.0632. The lowest BCUT2D eigenvalue weighted by Gasteiger charge is -2.23. The van der Waals surface area contributed by atoms with Crippen molar-refractivity contribution in [2.75, 3.05) is 73.9 Å². The molecule has 230 valence electrons. The number of nitrogens with zero attached hydrogens (tertiary/aromatic N) is 1. The van der Waals surface area contributed by atoms with Gasteiger partial charge in [-0.25, -0.2) is 0 Å². The third-order valence-electron chi connectivity index (χ3n) is 6.51. The van der Waals surface area contributed by atoms with Crippen LogP contribution >= 0.6 is 0 Å². The van der Waals surface area contributed by atoms with Gasteiger partial charge in [0.05, 0.1) is 54.2 Å². The van der Waals surface area contributed by atoms with Crippen LogP contribution in [0.3, 0.4) is 0 Å². The Morgan fingerprint density at radius 1 is 0.553 bits per heavy atom. The van der Waals surface area contributed by atoms with Gasteiger partial charge < -0.3 is 23.4 Å². The van der Waals surface area contributed by atoms with Crippen LogP contribution in [-0.2, 0) is 18.9 Å². The van der Waals surface area contributed by atoms with Crippen LogP contribution in [0.2, 0.25) is 0 Å². The van der Waals surface area contributed by atoms with Crippen LogP contribution in [0.4, 0.5) is 13.2 Å². The summed E-state index contributed by atoms with van der Waals surface area (Å²) in [5.41, 5.74) is 0. The van der Waals surface area contributed by atoms with Gasteiger partial charge in [0.2, 0.25) is 0 Å². The minimum Gasteiger partial charge on any atom is -0.379 e. The van der Waals surface area contributed by atoms with Gasteiger partial charge in [-0.1, -0.05) is 103 Å². The molecular formula is C30H61F3NO4+. The molecule has 0 aliphatic heterocycles. The predicted octanol–water partition coefficient (Wildman–Crippen LogP) is 7.95. The Morgan fingerprint density at radius 3 is 1.42 bits per heavy atom. The van der Waals surface area contributed by atoms with Crippen LogP contribution in [0.5, 0.6) is 0 Å². The van der Waals surface area contributed by atoms with Gasteiger partial charge in [0.25, 0.3) is 0 Å². The number of hydrogen-bond donors (Lipinski definition) is 0. The second-order valence-corrected chi connectivity index (χ2v) is 11.6. The molecule has 1 atom stereocenters. The van der Waals surface area contributed by atoms with Crippen LogP contribution in [0, 0.1) is 0 Å². The Hall–Kier alpha value is -0.410. The lowest BCUT2D eigenvalue weighted by molar-refractivity contribution is -0.870. The van der Waals surface area contributed by atoms with Crippen molar-refractivity contribution in [1.82, 2.24) is 0 Å². The van der Waals surface area contributed by atoms with E-state index in [1.54, 1.807) is 0 Å². The van der Waals surface area contributed by atoms with E-state index in [2.05, 4.69) is 28.1 Å². The quantitative estimate of drug-likeness (QED) is 0.0692. The van der Waals surface area contributed by atoms with Gasteiger partial charge in [-0.2, -0.15) is 13.2 Å². The molecule has 8 heteroatoms. The molecule has 0 spiro atoms. The number of ether oxygens (including phenoxy) is 4. The molecule has 5 nitrogen and oxygen atoms in total. The second kappa shape index (κ2) is 25.6. The van der Waals surface area contributed by atoms with E-state index >= 15 is 0 Å². The fraction of sp³-hybridized carbons (Fsp3) is 1.00. The summed E-state index contributed by atoms with van der Waals surface area (Å²) in [5, 5.41) is 0. The molecule has 0 aromatic carbocycles. The van der Waals surface area contributed by atoms with Crippen molar-refractivity contribution in [3.63, 3.8) is 0 Å². The Labute approximate surface area is 232 Å². The van der Waals surface area contributed by atoms with Crippen molar-refractivity contribution < 1.29 is 36.6 Å².